The molecule has 0 bridgehead atoms. The van der Waals surface area contributed by atoms with Crippen LogP contribution in [-0.4, -0.2) is 113 Å². The van der Waals surface area contributed by atoms with Gasteiger partial charge in [-0.1, -0.05) is 13.8 Å². The van der Waals surface area contributed by atoms with E-state index in [2.05, 4.69) is 26.6 Å². The van der Waals surface area contributed by atoms with E-state index in [1.807, 2.05) is 0 Å². The molecule has 0 aromatic rings. The van der Waals surface area contributed by atoms with Crippen LogP contribution in [0.5, 0.6) is 0 Å². The van der Waals surface area contributed by atoms with E-state index >= 15 is 0 Å². The molecule has 1 heterocycles. The molecule has 0 spiro atoms. The molecule has 0 radical (unpaired) electrons. The van der Waals surface area contributed by atoms with E-state index in [1.54, 1.807) is 13.8 Å². The molecule has 0 aromatic carbocycles. The van der Waals surface area contributed by atoms with Gasteiger partial charge in [0.2, 0.25) is 29.5 Å². The van der Waals surface area contributed by atoms with E-state index in [9.17, 15) is 43.8 Å². The fourth-order valence-electron chi connectivity index (χ4n) is 4.21. The van der Waals surface area contributed by atoms with Gasteiger partial charge in [0, 0.05) is 13.1 Å². The van der Waals surface area contributed by atoms with E-state index in [-0.39, 0.29) is 44.9 Å². The second-order valence-corrected chi connectivity index (χ2v) is 10.0. The van der Waals surface area contributed by atoms with Gasteiger partial charge >= 0.3 is 11.9 Å². The van der Waals surface area contributed by atoms with E-state index in [4.69, 9.17) is 16.9 Å². The molecule has 1 fully saturated rings. The van der Waals surface area contributed by atoms with Crippen LogP contribution in [0.4, 0.5) is 0 Å². The average molecular weight is 600 g/mol. The highest BCUT2D eigenvalue weighted by Crippen LogP contribution is 2.20. The van der Waals surface area contributed by atoms with Gasteiger partial charge in [0.25, 0.3) is 0 Å². The molecule has 42 heavy (non-hydrogen) atoms. The number of hydrogen-bond donors (Lipinski definition) is 10. The lowest BCUT2D eigenvalue weighted by atomic mass is 10.0. The first-order chi connectivity index (χ1) is 19.7. The number of carboxylic acids is 2. The maximum absolute atomic E-state index is 13.3. The summed E-state index contributed by atoms with van der Waals surface area (Å²) < 4.78 is 0. The summed E-state index contributed by atoms with van der Waals surface area (Å²) in [4.78, 5) is 87.2. The number of nitrogens with one attached hydrogen (secondary N) is 6. The van der Waals surface area contributed by atoms with Crippen molar-refractivity contribution in [2.24, 2.45) is 17.4 Å². The molecule has 1 aliphatic heterocycles. The van der Waals surface area contributed by atoms with Crippen molar-refractivity contribution in [3.8, 4) is 0 Å². The van der Waals surface area contributed by atoms with Gasteiger partial charge in [-0.3, -0.25) is 34.2 Å². The molecule has 18 nitrogen and oxygen atoms in total. The fraction of sp³-hybridized carbons (Fsp3) is 0.667. The minimum absolute atomic E-state index is 0.0254. The van der Waals surface area contributed by atoms with Crippen molar-refractivity contribution in [2.75, 3.05) is 26.2 Å². The van der Waals surface area contributed by atoms with Crippen molar-refractivity contribution >= 4 is 47.4 Å². The molecule has 0 unspecified atom stereocenters. The summed E-state index contributed by atoms with van der Waals surface area (Å²) in [5.74, 6) is -7.19. The van der Waals surface area contributed by atoms with Gasteiger partial charge in [-0.25, -0.2) is 4.79 Å². The Morgan fingerprint density at radius 3 is 2.19 bits per heavy atom. The lowest BCUT2D eigenvalue weighted by Gasteiger charge is -2.30. The SMILES string of the molecule is CC(C)[C@H](NC(=O)[C@@H]1CCCN1C(=O)[C@H](CC(=O)O)NC(=O)CNC(=O)CN)C(=O)N[C@@H](CCCNC(=N)N)C(=O)O. The van der Waals surface area contributed by atoms with Crippen molar-refractivity contribution in [1.82, 2.24) is 31.5 Å². The van der Waals surface area contributed by atoms with Crippen LogP contribution in [0.15, 0.2) is 0 Å². The molecular formula is C24H41N9O9. The Morgan fingerprint density at radius 1 is 0.976 bits per heavy atom. The van der Waals surface area contributed by atoms with E-state index in [0.29, 0.717) is 6.42 Å². The van der Waals surface area contributed by atoms with Crippen LogP contribution < -0.4 is 38.1 Å². The molecule has 4 atom stereocenters. The Bertz CT molecular complexity index is 1040. The van der Waals surface area contributed by atoms with E-state index in [1.165, 1.54) is 0 Å². The van der Waals surface area contributed by atoms with Gasteiger partial charge in [-0.15, -0.1) is 0 Å². The number of aliphatic carboxylic acids is 2. The summed E-state index contributed by atoms with van der Waals surface area (Å²) in [6.07, 6.45) is 0.110. The summed E-state index contributed by atoms with van der Waals surface area (Å²) in [5, 5.41) is 37.9. The minimum Gasteiger partial charge on any atom is -0.481 e. The summed E-state index contributed by atoms with van der Waals surface area (Å²) in [7, 11) is 0. The first kappa shape index (κ1) is 35.5. The predicted molar refractivity (Wildman–Crippen MR) is 146 cm³/mol. The normalized spacial score (nSPS) is 16.5. The topological polar surface area (TPSA) is 299 Å². The van der Waals surface area contributed by atoms with Crippen molar-refractivity contribution in [2.45, 2.75) is 70.1 Å². The van der Waals surface area contributed by atoms with Crippen LogP contribution in [0.25, 0.3) is 0 Å². The van der Waals surface area contributed by atoms with Gasteiger partial charge < -0.3 is 53.2 Å². The molecule has 18 heteroatoms. The minimum atomic E-state index is -1.53. The van der Waals surface area contributed by atoms with Crippen LogP contribution >= 0.6 is 0 Å². The van der Waals surface area contributed by atoms with Crippen LogP contribution in [0, 0.1) is 11.3 Å². The quantitative estimate of drug-likeness (QED) is 0.0434. The van der Waals surface area contributed by atoms with E-state index < -0.39 is 84.5 Å². The Labute approximate surface area is 242 Å². The summed E-state index contributed by atoms with van der Waals surface area (Å²) in [6.45, 7) is 2.66. The fourth-order valence-corrected chi connectivity index (χ4v) is 4.21. The molecule has 1 rings (SSSR count). The number of carbonyl (C=O) groups is 7. The third-order valence-electron chi connectivity index (χ3n) is 6.33. The number of guanidine groups is 1. The molecule has 1 saturated heterocycles. The molecule has 0 aliphatic carbocycles. The summed E-state index contributed by atoms with van der Waals surface area (Å²) in [6, 6.07) is -5.04. The number of carboxylic acid groups (broad SMARTS) is 2. The van der Waals surface area contributed by atoms with Gasteiger partial charge in [-0.05, 0) is 31.6 Å². The zero-order valence-corrected chi connectivity index (χ0v) is 23.6. The highest BCUT2D eigenvalue weighted by Gasteiger charge is 2.40. The Hall–Kier alpha value is -4.48. The lowest BCUT2D eigenvalue weighted by molar-refractivity contribution is -0.146. The number of nitrogens with zero attached hydrogens (tertiary/aromatic N) is 1. The van der Waals surface area contributed by atoms with Crippen molar-refractivity contribution in [1.29, 1.82) is 5.41 Å². The largest absolute Gasteiger partial charge is 0.481 e. The van der Waals surface area contributed by atoms with Crippen molar-refractivity contribution < 1.29 is 43.8 Å². The van der Waals surface area contributed by atoms with Gasteiger partial charge in [0.1, 0.15) is 24.2 Å². The first-order valence-electron chi connectivity index (χ1n) is 13.4. The Balaban J connectivity index is 2.95. The standard InChI is InChI=1S/C24H41N9O9/c1-12(2)19(21(39)31-13(23(41)42)5-3-7-28-24(26)27)32-20(38)15-6-4-8-33(15)22(40)14(9-18(36)37)30-17(35)11-29-16(34)10-25/h12-15,19H,3-11,25H2,1-2H3,(H,29,34)(H,30,35)(H,31,39)(H,32,38)(H,36,37)(H,41,42)(H4,26,27,28)/t13-,14-,15-,19-/m0/s1. The summed E-state index contributed by atoms with van der Waals surface area (Å²) in [5.41, 5.74) is 10.4. The number of hydrogen-bond acceptors (Lipinski definition) is 9. The van der Waals surface area contributed by atoms with Gasteiger partial charge in [0.05, 0.1) is 19.5 Å². The monoisotopic (exact) mass is 599 g/mol. The highest BCUT2D eigenvalue weighted by molar-refractivity contribution is 5.97. The highest BCUT2D eigenvalue weighted by atomic mass is 16.4. The van der Waals surface area contributed by atoms with Crippen LogP contribution in [0.2, 0.25) is 0 Å². The third kappa shape index (κ3) is 11.9. The van der Waals surface area contributed by atoms with E-state index in [0.717, 1.165) is 4.90 Å². The number of likely N-dealkylation sites (tertiary alicyclic amines) is 1. The van der Waals surface area contributed by atoms with Crippen LogP contribution in [0.1, 0.15) is 46.0 Å². The number of carbonyl (C=O) groups excluding carboxylic acids is 5. The maximum Gasteiger partial charge on any atom is 0.326 e. The van der Waals surface area contributed by atoms with Crippen LogP contribution in [0.3, 0.4) is 0 Å². The third-order valence-corrected chi connectivity index (χ3v) is 6.33. The smallest absolute Gasteiger partial charge is 0.326 e. The lowest BCUT2D eigenvalue weighted by Crippen LogP contribution is -2.59. The molecule has 1 aliphatic rings. The second-order valence-electron chi connectivity index (χ2n) is 10.0. The van der Waals surface area contributed by atoms with Crippen LogP contribution in [-0.2, 0) is 33.6 Å². The maximum atomic E-state index is 13.3. The second kappa shape index (κ2) is 17.4. The van der Waals surface area contributed by atoms with Crippen molar-refractivity contribution in [3.05, 3.63) is 0 Å². The summed E-state index contributed by atoms with van der Waals surface area (Å²) >= 11 is 0. The molecule has 0 aromatic heterocycles. The van der Waals surface area contributed by atoms with Gasteiger partial charge in [0.15, 0.2) is 5.96 Å². The molecule has 236 valence electrons. The zero-order chi connectivity index (χ0) is 32.0. The Morgan fingerprint density at radius 2 is 1.64 bits per heavy atom. The molecule has 0 saturated carbocycles. The number of amides is 5. The average Bonchev–Trinajstić information content (AvgIpc) is 3.40. The molecular weight excluding hydrogens is 558 g/mol. The Kier molecular flexibility index (Phi) is 14.7. The number of rotatable bonds is 17. The van der Waals surface area contributed by atoms with Crippen molar-refractivity contribution in [3.63, 3.8) is 0 Å². The predicted octanol–water partition coefficient (Wildman–Crippen LogP) is -4.01. The first-order valence-corrected chi connectivity index (χ1v) is 13.4. The zero-order valence-electron chi connectivity index (χ0n) is 23.6. The number of nitrogens with two attached hydrogens (primary N) is 2. The molecule has 12 N–H and O–H groups in total. The van der Waals surface area contributed by atoms with Gasteiger partial charge in [-0.2, -0.15) is 0 Å². The molecule has 5 amide bonds.